The van der Waals surface area contributed by atoms with Crippen LogP contribution >= 0.6 is 0 Å². The Morgan fingerprint density at radius 2 is 2.14 bits per heavy atom. The molecule has 1 aromatic rings. The van der Waals surface area contributed by atoms with E-state index in [1.54, 1.807) is 12.1 Å². The number of hydrogen-bond donors (Lipinski definition) is 2. The predicted molar refractivity (Wildman–Crippen MR) is 50.4 cm³/mol. The molecule has 1 atom stereocenters. The molecule has 78 valence electrons. The van der Waals surface area contributed by atoms with Crippen molar-refractivity contribution in [1.82, 2.24) is 0 Å². The summed E-state index contributed by atoms with van der Waals surface area (Å²) < 4.78 is 24.8. The van der Waals surface area contributed by atoms with E-state index in [0.717, 1.165) is 0 Å². The molecule has 0 saturated heterocycles. The summed E-state index contributed by atoms with van der Waals surface area (Å²) in [4.78, 5) is 0. The maximum absolute atomic E-state index is 12.4. The van der Waals surface area contributed by atoms with Crippen molar-refractivity contribution in [2.45, 2.75) is 25.3 Å². The zero-order valence-corrected chi connectivity index (χ0v) is 7.87. The van der Waals surface area contributed by atoms with Crippen LogP contribution < -0.4 is 5.73 Å². The van der Waals surface area contributed by atoms with Gasteiger partial charge in [0.05, 0.1) is 5.54 Å². The third-order valence-electron chi connectivity index (χ3n) is 1.99. The number of benzene rings is 1. The van der Waals surface area contributed by atoms with Gasteiger partial charge in [-0.15, -0.1) is 0 Å². The van der Waals surface area contributed by atoms with E-state index in [2.05, 4.69) is 0 Å². The molecule has 0 spiro atoms. The van der Waals surface area contributed by atoms with Gasteiger partial charge in [0.2, 0.25) is 0 Å². The lowest BCUT2D eigenvalue weighted by atomic mass is 9.94. The number of phenolic OH excluding ortho intramolecular Hbond substituents is 1. The molecule has 0 fully saturated rings. The highest BCUT2D eigenvalue weighted by molar-refractivity contribution is 5.28. The van der Waals surface area contributed by atoms with Crippen molar-refractivity contribution in [3.8, 4) is 5.75 Å². The average molecular weight is 201 g/mol. The summed E-state index contributed by atoms with van der Waals surface area (Å²) >= 11 is 0. The number of halogens is 2. The van der Waals surface area contributed by atoms with Crippen molar-refractivity contribution in [3.05, 3.63) is 29.8 Å². The molecule has 1 unspecified atom stereocenters. The fourth-order valence-corrected chi connectivity index (χ4v) is 1.18. The number of alkyl halides is 2. The zero-order chi connectivity index (χ0) is 10.8. The van der Waals surface area contributed by atoms with Gasteiger partial charge in [-0.2, -0.15) is 0 Å². The van der Waals surface area contributed by atoms with Gasteiger partial charge in [0.1, 0.15) is 5.75 Å². The third-order valence-corrected chi connectivity index (χ3v) is 1.99. The maximum atomic E-state index is 12.4. The van der Waals surface area contributed by atoms with Crippen LogP contribution in [0.15, 0.2) is 24.3 Å². The number of hydrogen-bond acceptors (Lipinski definition) is 2. The maximum Gasteiger partial charge on any atom is 0.256 e. The molecular weight excluding hydrogens is 188 g/mol. The molecule has 0 amide bonds. The normalized spacial score (nSPS) is 15.5. The minimum Gasteiger partial charge on any atom is -0.508 e. The van der Waals surface area contributed by atoms with Crippen LogP contribution in [0.5, 0.6) is 5.75 Å². The van der Waals surface area contributed by atoms with Gasteiger partial charge in [-0.05, 0) is 31.0 Å². The van der Waals surface area contributed by atoms with E-state index >= 15 is 0 Å². The molecule has 0 bridgehead atoms. The Balaban J connectivity index is 2.78. The molecule has 4 heteroatoms. The van der Waals surface area contributed by atoms with Crippen LogP contribution in [0.4, 0.5) is 8.78 Å². The van der Waals surface area contributed by atoms with E-state index in [1.807, 2.05) is 0 Å². The molecular formula is C10H13F2NO. The topological polar surface area (TPSA) is 46.2 Å². The van der Waals surface area contributed by atoms with Gasteiger partial charge in [0.15, 0.2) is 0 Å². The van der Waals surface area contributed by atoms with E-state index < -0.39 is 12.0 Å². The molecule has 0 aliphatic rings. The lowest BCUT2D eigenvalue weighted by molar-refractivity contribution is 0.0639. The molecule has 0 heterocycles. The quantitative estimate of drug-likeness (QED) is 0.784. The van der Waals surface area contributed by atoms with E-state index in [-0.39, 0.29) is 12.2 Å². The van der Waals surface area contributed by atoms with E-state index in [1.165, 1.54) is 19.1 Å². The lowest BCUT2D eigenvalue weighted by Crippen LogP contribution is -2.45. The number of aromatic hydroxyl groups is 1. The first-order valence-corrected chi connectivity index (χ1v) is 4.27. The van der Waals surface area contributed by atoms with Crippen LogP contribution in [0.25, 0.3) is 0 Å². The van der Waals surface area contributed by atoms with Crippen molar-refractivity contribution >= 4 is 0 Å². The van der Waals surface area contributed by atoms with Crippen LogP contribution in [0, 0.1) is 0 Å². The van der Waals surface area contributed by atoms with Crippen LogP contribution in [0.3, 0.4) is 0 Å². The molecule has 1 aromatic carbocycles. The van der Waals surface area contributed by atoms with Crippen molar-refractivity contribution in [3.63, 3.8) is 0 Å². The predicted octanol–water partition coefficient (Wildman–Crippen LogP) is 1.92. The highest BCUT2D eigenvalue weighted by atomic mass is 19.3. The summed E-state index contributed by atoms with van der Waals surface area (Å²) in [6, 6.07) is 6.19. The van der Waals surface area contributed by atoms with Crippen molar-refractivity contribution in [1.29, 1.82) is 0 Å². The van der Waals surface area contributed by atoms with E-state index in [0.29, 0.717) is 5.56 Å². The standard InChI is InChI=1S/C10H13F2NO/c1-10(13,9(11)12)6-7-3-2-4-8(14)5-7/h2-5,9,14H,6,13H2,1H3. The molecule has 0 radical (unpaired) electrons. The summed E-state index contributed by atoms with van der Waals surface area (Å²) in [6.45, 7) is 1.29. The summed E-state index contributed by atoms with van der Waals surface area (Å²) in [5.41, 5.74) is 4.47. The molecule has 0 aromatic heterocycles. The van der Waals surface area contributed by atoms with Crippen LogP contribution in [-0.2, 0) is 6.42 Å². The minimum atomic E-state index is -2.58. The molecule has 2 nitrogen and oxygen atoms in total. The van der Waals surface area contributed by atoms with Gasteiger partial charge in [0, 0.05) is 0 Å². The van der Waals surface area contributed by atoms with Crippen LogP contribution in [0.2, 0.25) is 0 Å². The van der Waals surface area contributed by atoms with Gasteiger partial charge in [0.25, 0.3) is 6.43 Å². The van der Waals surface area contributed by atoms with Gasteiger partial charge < -0.3 is 10.8 Å². The van der Waals surface area contributed by atoms with Gasteiger partial charge in [-0.3, -0.25) is 0 Å². The Morgan fingerprint density at radius 3 is 2.64 bits per heavy atom. The summed E-state index contributed by atoms with van der Waals surface area (Å²) in [7, 11) is 0. The van der Waals surface area contributed by atoms with Crippen LogP contribution in [-0.4, -0.2) is 17.1 Å². The molecule has 0 aliphatic heterocycles. The number of phenols is 1. The van der Waals surface area contributed by atoms with Gasteiger partial charge in [-0.1, -0.05) is 12.1 Å². The molecule has 1 rings (SSSR count). The summed E-state index contributed by atoms with van der Waals surface area (Å²) in [5.74, 6) is 0.0626. The van der Waals surface area contributed by atoms with Gasteiger partial charge >= 0.3 is 0 Å². The number of nitrogens with two attached hydrogens (primary N) is 1. The van der Waals surface area contributed by atoms with Crippen molar-refractivity contribution in [2.24, 2.45) is 5.73 Å². The molecule has 3 N–H and O–H groups in total. The average Bonchev–Trinajstić information content (AvgIpc) is 2.02. The Labute approximate surface area is 81.4 Å². The first-order valence-electron chi connectivity index (χ1n) is 4.27. The second-order valence-corrected chi connectivity index (χ2v) is 3.65. The third kappa shape index (κ3) is 2.67. The van der Waals surface area contributed by atoms with Crippen LogP contribution in [0.1, 0.15) is 12.5 Å². The smallest absolute Gasteiger partial charge is 0.256 e. The fraction of sp³-hybridized carbons (Fsp3) is 0.400. The Morgan fingerprint density at radius 1 is 1.50 bits per heavy atom. The summed E-state index contributed by atoms with van der Waals surface area (Å²) in [6.07, 6.45) is -2.54. The monoisotopic (exact) mass is 201 g/mol. The Kier molecular flexibility index (Phi) is 3.06. The van der Waals surface area contributed by atoms with E-state index in [9.17, 15) is 8.78 Å². The van der Waals surface area contributed by atoms with Gasteiger partial charge in [-0.25, -0.2) is 8.78 Å². The minimum absolute atomic E-state index is 0.0407. The van der Waals surface area contributed by atoms with Crippen molar-refractivity contribution < 1.29 is 13.9 Å². The first kappa shape index (κ1) is 10.9. The number of rotatable bonds is 3. The highest BCUT2D eigenvalue weighted by Gasteiger charge is 2.30. The molecule has 0 aliphatic carbocycles. The van der Waals surface area contributed by atoms with E-state index in [4.69, 9.17) is 10.8 Å². The largest absolute Gasteiger partial charge is 0.508 e. The second-order valence-electron chi connectivity index (χ2n) is 3.65. The second kappa shape index (κ2) is 3.92. The molecule has 0 saturated carbocycles. The fourth-order valence-electron chi connectivity index (χ4n) is 1.18. The first-order chi connectivity index (χ1) is 6.42. The highest BCUT2D eigenvalue weighted by Crippen LogP contribution is 2.20. The Bertz CT molecular complexity index is 313. The Hall–Kier alpha value is -1.16. The lowest BCUT2D eigenvalue weighted by Gasteiger charge is -2.23. The SMILES string of the molecule is CC(N)(Cc1cccc(O)c1)C(F)F. The van der Waals surface area contributed by atoms with Crippen molar-refractivity contribution in [2.75, 3.05) is 0 Å². The summed E-state index contributed by atoms with van der Waals surface area (Å²) in [5, 5.41) is 9.12. The zero-order valence-electron chi connectivity index (χ0n) is 7.87. The molecule has 14 heavy (non-hydrogen) atoms.